The van der Waals surface area contributed by atoms with Gasteiger partial charge in [-0.2, -0.15) is 0 Å². The molecule has 2 aliphatic carbocycles. The van der Waals surface area contributed by atoms with Crippen LogP contribution in [0.3, 0.4) is 0 Å². The molecule has 3 rings (SSSR count). The summed E-state index contributed by atoms with van der Waals surface area (Å²) < 4.78 is 0. The highest BCUT2D eigenvalue weighted by atomic mass is 15.1. The fourth-order valence-corrected chi connectivity index (χ4v) is 4.61. The van der Waals surface area contributed by atoms with Gasteiger partial charge in [0.2, 0.25) is 0 Å². The molecule has 1 saturated heterocycles. The minimum absolute atomic E-state index is 0.771. The first-order valence-corrected chi connectivity index (χ1v) is 8.82. The van der Waals surface area contributed by atoms with E-state index in [9.17, 15) is 0 Å². The van der Waals surface area contributed by atoms with E-state index in [1.807, 2.05) is 0 Å². The second kappa shape index (κ2) is 6.58. The standard InChI is InChI=1S/C17H32N2/c1-4-8-17(9-5-1)10-13-19(14-11-17)15-12-18-16-6-2-3-7-16/h16,18H,1-15H2. The van der Waals surface area contributed by atoms with Crippen LogP contribution in [0.2, 0.25) is 0 Å². The van der Waals surface area contributed by atoms with E-state index in [1.165, 1.54) is 96.8 Å². The van der Waals surface area contributed by atoms with Gasteiger partial charge < -0.3 is 10.2 Å². The van der Waals surface area contributed by atoms with Crippen molar-refractivity contribution in [3.63, 3.8) is 0 Å². The van der Waals surface area contributed by atoms with Crippen molar-refractivity contribution in [3.8, 4) is 0 Å². The third-order valence-electron chi connectivity index (χ3n) is 6.05. The number of rotatable bonds is 4. The Balaban J connectivity index is 1.33. The summed E-state index contributed by atoms with van der Waals surface area (Å²) in [5, 5.41) is 3.76. The molecule has 0 atom stereocenters. The molecule has 2 saturated carbocycles. The van der Waals surface area contributed by atoms with Gasteiger partial charge in [0, 0.05) is 19.1 Å². The molecule has 0 bridgehead atoms. The Bertz CT molecular complexity index is 254. The van der Waals surface area contributed by atoms with Gasteiger partial charge in [0.1, 0.15) is 0 Å². The van der Waals surface area contributed by atoms with E-state index in [4.69, 9.17) is 0 Å². The first-order valence-electron chi connectivity index (χ1n) is 8.82. The number of nitrogens with one attached hydrogen (secondary N) is 1. The van der Waals surface area contributed by atoms with E-state index in [0.29, 0.717) is 0 Å². The number of piperidine rings is 1. The Labute approximate surface area is 119 Å². The molecule has 3 fully saturated rings. The van der Waals surface area contributed by atoms with Crippen molar-refractivity contribution >= 4 is 0 Å². The summed E-state index contributed by atoms with van der Waals surface area (Å²) >= 11 is 0. The first kappa shape index (κ1) is 13.9. The van der Waals surface area contributed by atoms with Crippen molar-refractivity contribution in [2.75, 3.05) is 26.2 Å². The van der Waals surface area contributed by atoms with E-state index >= 15 is 0 Å². The summed E-state index contributed by atoms with van der Waals surface area (Å²) in [7, 11) is 0. The van der Waals surface area contributed by atoms with E-state index in [-0.39, 0.29) is 0 Å². The van der Waals surface area contributed by atoms with Crippen LogP contribution in [0.1, 0.15) is 70.6 Å². The third-order valence-corrected chi connectivity index (χ3v) is 6.05. The molecular formula is C17H32N2. The predicted molar refractivity (Wildman–Crippen MR) is 81.5 cm³/mol. The molecule has 3 aliphatic rings. The van der Waals surface area contributed by atoms with E-state index < -0.39 is 0 Å². The van der Waals surface area contributed by atoms with Crippen molar-refractivity contribution in [1.82, 2.24) is 10.2 Å². The van der Waals surface area contributed by atoms with Gasteiger partial charge in [-0.15, -0.1) is 0 Å². The third kappa shape index (κ3) is 3.72. The molecule has 0 radical (unpaired) electrons. The lowest BCUT2D eigenvalue weighted by molar-refractivity contribution is 0.0680. The molecule has 19 heavy (non-hydrogen) atoms. The number of likely N-dealkylation sites (tertiary alicyclic amines) is 1. The largest absolute Gasteiger partial charge is 0.313 e. The van der Waals surface area contributed by atoms with Gasteiger partial charge in [0.15, 0.2) is 0 Å². The van der Waals surface area contributed by atoms with Crippen LogP contribution in [0.25, 0.3) is 0 Å². The average Bonchev–Trinajstić information content (AvgIpc) is 2.96. The highest BCUT2D eigenvalue weighted by molar-refractivity contribution is 4.88. The van der Waals surface area contributed by atoms with Gasteiger partial charge in [-0.1, -0.05) is 32.1 Å². The van der Waals surface area contributed by atoms with Crippen LogP contribution < -0.4 is 5.32 Å². The van der Waals surface area contributed by atoms with Gasteiger partial charge in [-0.05, 0) is 57.0 Å². The van der Waals surface area contributed by atoms with Crippen LogP contribution in [0.15, 0.2) is 0 Å². The fourth-order valence-electron chi connectivity index (χ4n) is 4.61. The Morgan fingerprint density at radius 3 is 2.21 bits per heavy atom. The maximum atomic E-state index is 3.76. The normalized spacial score (nSPS) is 29.1. The lowest BCUT2D eigenvalue weighted by Gasteiger charge is -2.44. The van der Waals surface area contributed by atoms with Crippen molar-refractivity contribution in [1.29, 1.82) is 0 Å². The molecule has 1 spiro atoms. The van der Waals surface area contributed by atoms with Crippen molar-refractivity contribution in [3.05, 3.63) is 0 Å². The second-order valence-corrected chi connectivity index (χ2v) is 7.34. The maximum absolute atomic E-state index is 3.76. The molecule has 1 heterocycles. The van der Waals surface area contributed by atoms with Crippen molar-refractivity contribution in [2.24, 2.45) is 5.41 Å². The predicted octanol–water partition coefficient (Wildman–Crippen LogP) is 3.56. The Kier molecular flexibility index (Phi) is 4.81. The number of hydrogen-bond acceptors (Lipinski definition) is 2. The molecule has 0 aromatic heterocycles. The minimum Gasteiger partial charge on any atom is -0.313 e. The van der Waals surface area contributed by atoms with Crippen LogP contribution in [0.4, 0.5) is 0 Å². The molecular weight excluding hydrogens is 232 g/mol. The zero-order chi connectivity index (χ0) is 13.0. The van der Waals surface area contributed by atoms with Gasteiger partial charge in [-0.3, -0.25) is 0 Å². The molecule has 0 unspecified atom stereocenters. The quantitative estimate of drug-likeness (QED) is 0.835. The molecule has 1 N–H and O–H groups in total. The highest BCUT2D eigenvalue weighted by Gasteiger charge is 2.35. The highest BCUT2D eigenvalue weighted by Crippen LogP contribution is 2.44. The van der Waals surface area contributed by atoms with E-state index in [2.05, 4.69) is 10.2 Å². The zero-order valence-corrected chi connectivity index (χ0v) is 12.6. The molecule has 0 aromatic carbocycles. The fraction of sp³-hybridized carbons (Fsp3) is 1.00. The molecule has 1 aliphatic heterocycles. The molecule has 2 heteroatoms. The topological polar surface area (TPSA) is 15.3 Å². The molecule has 0 aromatic rings. The lowest BCUT2D eigenvalue weighted by Crippen LogP contribution is -2.44. The average molecular weight is 264 g/mol. The Morgan fingerprint density at radius 2 is 1.53 bits per heavy atom. The summed E-state index contributed by atoms with van der Waals surface area (Å²) in [5.41, 5.74) is 0.771. The first-order chi connectivity index (χ1) is 9.36. The second-order valence-electron chi connectivity index (χ2n) is 7.34. The van der Waals surface area contributed by atoms with Crippen LogP contribution in [-0.4, -0.2) is 37.1 Å². The zero-order valence-electron chi connectivity index (χ0n) is 12.6. The Hall–Kier alpha value is -0.0800. The summed E-state index contributed by atoms with van der Waals surface area (Å²) in [6.45, 7) is 5.24. The molecule has 110 valence electrons. The van der Waals surface area contributed by atoms with Crippen LogP contribution in [-0.2, 0) is 0 Å². The van der Waals surface area contributed by atoms with Crippen molar-refractivity contribution < 1.29 is 0 Å². The SMILES string of the molecule is C1CCC2(CC1)CCN(CCNC1CCCC1)CC2. The van der Waals surface area contributed by atoms with Crippen LogP contribution in [0.5, 0.6) is 0 Å². The van der Waals surface area contributed by atoms with Crippen LogP contribution in [0, 0.1) is 5.41 Å². The van der Waals surface area contributed by atoms with Gasteiger partial charge in [0.25, 0.3) is 0 Å². The summed E-state index contributed by atoms with van der Waals surface area (Å²) in [6, 6.07) is 0.842. The van der Waals surface area contributed by atoms with E-state index in [1.54, 1.807) is 0 Å². The van der Waals surface area contributed by atoms with Crippen molar-refractivity contribution in [2.45, 2.75) is 76.7 Å². The summed E-state index contributed by atoms with van der Waals surface area (Å²) in [5.74, 6) is 0. The van der Waals surface area contributed by atoms with Crippen LogP contribution >= 0.6 is 0 Å². The summed E-state index contributed by atoms with van der Waals surface area (Å²) in [4.78, 5) is 2.71. The van der Waals surface area contributed by atoms with Gasteiger partial charge >= 0.3 is 0 Å². The Morgan fingerprint density at radius 1 is 0.842 bits per heavy atom. The summed E-state index contributed by atoms with van der Waals surface area (Å²) in [6.07, 6.45) is 16.3. The number of hydrogen-bond donors (Lipinski definition) is 1. The van der Waals surface area contributed by atoms with Gasteiger partial charge in [0.05, 0.1) is 0 Å². The van der Waals surface area contributed by atoms with E-state index in [0.717, 1.165) is 11.5 Å². The molecule has 2 nitrogen and oxygen atoms in total. The minimum atomic E-state index is 0.771. The molecule has 0 amide bonds. The maximum Gasteiger partial charge on any atom is 0.0107 e. The van der Waals surface area contributed by atoms with Gasteiger partial charge in [-0.25, -0.2) is 0 Å². The monoisotopic (exact) mass is 264 g/mol. The smallest absolute Gasteiger partial charge is 0.0107 e. The lowest BCUT2D eigenvalue weighted by atomic mass is 9.68. The number of nitrogens with zero attached hydrogens (tertiary/aromatic N) is 1.